The first-order valence-corrected chi connectivity index (χ1v) is 10.3. The van der Waals surface area contributed by atoms with E-state index in [1.54, 1.807) is 24.3 Å². The van der Waals surface area contributed by atoms with E-state index in [9.17, 15) is 8.96 Å². The van der Waals surface area contributed by atoms with Crippen molar-refractivity contribution in [1.29, 1.82) is 0 Å². The van der Waals surface area contributed by atoms with E-state index < -0.39 is 19.4 Å². The third-order valence-electron chi connectivity index (χ3n) is 4.56. The van der Waals surface area contributed by atoms with Gasteiger partial charge >= 0.3 is 7.60 Å². The Bertz CT molecular complexity index is 691. The van der Waals surface area contributed by atoms with Gasteiger partial charge in [-0.25, -0.2) is 8.96 Å². The van der Waals surface area contributed by atoms with E-state index in [1.165, 1.54) is 0 Å². The number of rotatable bonds is 5. The van der Waals surface area contributed by atoms with E-state index in [0.29, 0.717) is 24.3 Å². The number of benzene rings is 2. The number of hydrogen-bond donors (Lipinski definition) is 0. The Hall–Kier alpha value is -1.80. The van der Waals surface area contributed by atoms with Gasteiger partial charge in [0.25, 0.3) is 0 Å². The van der Waals surface area contributed by atoms with Crippen molar-refractivity contribution < 1.29 is 18.0 Å². The molecule has 2 atom stereocenters. The van der Waals surface area contributed by atoms with Crippen molar-refractivity contribution in [3.05, 3.63) is 59.7 Å². The molecule has 134 valence electrons. The van der Waals surface area contributed by atoms with Crippen LogP contribution in [0, 0.1) is 13.8 Å². The maximum Gasteiger partial charge on any atom is 0.436 e. The molecule has 1 aliphatic rings. The van der Waals surface area contributed by atoms with E-state index in [2.05, 4.69) is 0 Å². The van der Waals surface area contributed by atoms with Crippen LogP contribution in [0.15, 0.2) is 48.5 Å². The molecule has 2 aromatic carbocycles. The number of alkyl halides is 1. The van der Waals surface area contributed by atoms with Crippen LogP contribution in [0.2, 0.25) is 0 Å². The van der Waals surface area contributed by atoms with Gasteiger partial charge < -0.3 is 9.05 Å². The van der Waals surface area contributed by atoms with Gasteiger partial charge in [-0.2, -0.15) is 0 Å². The molecular weight excluding hydrogens is 338 g/mol. The van der Waals surface area contributed by atoms with E-state index in [4.69, 9.17) is 9.05 Å². The molecule has 0 heterocycles. The highest BCUT2D eigenvalue weighted by atomic mass is 31.2. The van der Waals surface area contributed by atoms with E-state index in [1.807, 2.05) is 38.1 Å². The Balaban J connectivity index is 1.90. The predicted molar refractivity (Wildman–Crippen MR) is 98.4 cm³/mol. The van der Waals surface area contributed by atoms with Gasteiger partial charge in [-0.3, -0.25) is 0 Å². The molecule has 0 radical (unpaired) electrons. The molecule has 0 spiro atoms. The minimum atomic E-state index is -3.70. The minimum absolute atomic E-state index is 0.406. The van der Waals surface area contributed by atoms with Gasteiger partial charge in [-0.1, -0.05) is 48.2 Å². The smallest absolute Gasteiger partial charge is 0.416 e. The van der Waals surface area contributed by atoms with E-state index >= 15 is 0 Å². The largest absolute Gasteiger partial charge is 0.436 e. The lowest BCUT2D eigenvalue weighted by atomic mass is 9.98. The van der Waals surface area contributed by atoms with Crippen LogP contribution in [0.4, 0.5) is 4.39 Å². The summed E-state index contributed by atoms with van der Waals surface area (Å²) in [6.07, 6.45) is 1.39. The Labute approximate surface area is 148 Å². The van der Waals surface area contributed by atoms with Crippen LogP contribution in [0.5, 0.6) is 11.5 Å². The summed E-state index contributed by atoms with van der Waals surface area (Å²) in [7, 11) is -3.70. The second-order valence-corrected chi connectivity index (χ2v) is 8.82. The number of hydrogen-bond acceptors (Lipinski definition) is 3. The molecule has 2 aromatic rings. The Kier molecular flexibility index (Phi) is 5.48. The summed E-state index contributed by atoms with van der Waals surface area (Å²) >= 11 is 0. The molecule has 5 heteroatoms. The average molecular weight is 362 g/mol. The molecule has 0 aromatic heterocycles. The molecule has 2 unspecified atom stereocenters. The lowest BCUT2D eigenvalue weighted by Crippen LogP contribution is -2.30. The van der Waals surface area contributed by atoms with Gasteiger partial charge in [-0.15, -0.1) is 0 Å². The lowest BCUT2D eigenvalue weighted by Gasteiger charge is -2.32. The van der Waals surface area contributed by atoms with Gasteiger partial charge in [0.15, 0.2) is 0 Å². The normalized spacial score (nSPS) is 20.9. The fourth-order valence-electron chi connectivity index (χ4n) is 3.07. The van der Waals surface area contributed by atoms with Crippen molar-refractivity contribution in [3.63, 3.8) is 0 Å². The van der Waals surface area contributed by atoms with Gasteiger partial charge in [-0.05, 0) is 51.0 Å². The van der Waals surface area contributed by atoms with Crippen LogP contribution in [0.25, 0.3) is 0 Å². The zero-order valence-corrected chi connectivity index (χ0v) is 15.5. The molecule has 0 amide bonds. The van der Waals surface area contributed by atoms with Crippen LogP contribution in [0.1, 0.15) is 36.8 Å². The summed E-state index contributed by atoms with van der Waals surface area (Å²) in [5, 5.41) is 0. The lowest BCUT2D eigenvalue weighted by molar-refractivity contribution is 0.230. The molecule has 1 aliphatic carbocycles. The van der Waals surface area contributed by atoms with Crippen LogP contribution in [0.3, 0.4) is 0 Å². The quantitative estimate of drug-likeness (QED) is 0.591. The summed E-state index contributed by atoms with van der Waals surface area (Å²) < 4.78 is 39.7. The molecule has 1 saturated carbocycles. The SMILES string of the molecule is Cc1ccc(OP(=O)(Oc2ccc(C)cc2)C2CCCCC2F)cc1. The topological polar surface area (TPSA) is 35.5 Å². The maximum absolute atomic E-state index is 14.5. The second-order valence-electron chi connectivity index (χ2n) is 6.72. The van der Waals surface area contributed by atoms with Gasteiger partial charge in [0.05, 0.1) is 0 Å². The van der Waals surface area contributed by atoms with Gasteiger partial charge in [0.1, 0.15) is 23.3 Å². The molecule has 0 bridgehead atoms. The first-order valence-electron chi connectivity index (χ1n) is 8.72. The zero-order chi connectivity index (χ0) is 17.9. The van der Waals surface area contributed by atoms with Crippen molar-refractivity contribution in [1.82, 2.24) is 0 Å². The van der Waals surface area contributed by atoms with Crippen LogP contribution in [-0.4, -0.2) is 11.8 Å². The summed E-state index contributed by atoms with van der Waals surface area (Å²) in [4.78, 5) is 0. The zero-order valence-electron chi connectivity index (χ0n) is 14.7. The summed E-state index contributed by atoms with van der Waals surface area (Å²) in [5.41, 5.74) is 1.41. The average Bonchev–Trinajstić information content (AvgIpc) is 2.59. The number of aryl methyl sites for hydroxylation is 2. The molecule has 3 rings (SSSR count). The van der Waals surface area contributed by atoms with Crippen molar-refractivity contribution in [2.45, 2.75) is 51.4 Å². The molecule has 0 aliphatic heterocycles. The van der Waals surface area contributed by atoms with E-state index in [-0.39, 0.29) is 0 Å². The van der Waals surface area contributed by atoms with Crippen LogP contribution < -0.4 is 9.05 Å². The van der Waals surface area contributed by atoms with Gasteiger partial charge in [0.2, 0.25) is 0 Å². The Morgan fingerprint density at radius 3 is 1.72 bits per heavy atom. The monoisotopic (exact) mass is 362 g/mol. The third kappa shape index (κ3) is 4.43. The standard InChI is InChI=1S/C20H24FO3P/c1-15-7-11-17(12-8-15)23-25(22,20-6-4-3-5-19(20)21)24-18-13-9-16(2)10-14-18/h7-14,19-20H,3-6H2,1-2H3. The summed E-state index contributed by atoms with van der Waals surface area (Å²) in [6, 6.07) is 14.5. The van der Waals surface area contributed by atoms with E-state index in [0.717, 1.165) is 24.0 Å². The summed E-state index contributed by atoms with van der Waals surface area (Å²) in [5.74, 6) is 0.887. The molecule has 0 saturated heterocycles. The Morgan fingerprint density at radius 1 is 0.840 bits per heavy atom. The highest BCUT2D eigenvalue weighted by molar-refractivity contribution is 7.55. The highest BCUT2D eigenvalue weighted by Gasteiger charge is 2.45. The fraction of sp³-hybridized carbons (Fsp3) is 0.400. The first-order chi connectivity index (χ1) is 12.0. The second kappa shape index (κ2) is 7.61. The molecule has 1 fully saturated rings. The predicted octanol–water partition coefficient (Wildman–Crippen LogP) is 6.24. The van der Waals surface area contributed by atoms with Crippen molar-refractivity contribution in [3.8, 4) is 11.5 Å². The van der Waals surface area contributed by atoms with Crippen LogP contribution >= 0.6 is 7.60 Å². The first kappa shape index (κ1) is 18.0. The minimum Gasteiger partial charge on any atom is -0.416 e. The van der Waals surface area contributed by atoms with Gasteiger partial charge in [0, 0.05) is 0 Å². The highest BCUT2D eigenvalue weighted by Crippen LogP contribution is 2.57. The third-order valence-corrected chi connectivity index (χ3v) is 6.89. The maximum atomic E-state index is 14.5. The molecular formula is C20H24FO3P. The fourth-order valence-corrected chi connectivity index (χ4v) is 5.25. The molecule has 3 nitrogen and oxygen atoms in total. The number of halogens is 1. The molecule has 0 N–H and O–H groups in total. The van der Waals surface area contributed by atoms with Crippen molar-refractivity contribution >= 4 is 7.60 Å². The Morgan fingerprint density at radius 2 is 1.28 bits per heavy atom. The van der Waals surface area contributed by atoms with Crippen molar-refractivity contribution in [2.75, 3.05) is 0 Å². The molecule has 25 heavy (non-hydrogen) atoms. The van der Waals surface area contributed by atoms with Crippen molar-refractivity contribution in [2.24, 2.45) is 0 Å². The van der Waals surface area contributed by atoms with Crippen LogP contribution in [-0.2, 0) is 4.57 Å². The summed E-state index contributed by atoms with van der Waals surface area (Å²) in [6.45, 7) is 3.93.